The molecule has 0 spiro atoms. The van der Waals surface area contributed by atoms with Gasteiger partial charge in [-0.1, -0.05) is 30.7 Å². The van der Waals surface area contributed by atoms with Crippen molar-refractivity contribution in [2.24, 2.45) is 0 Å². The first-order valence-corrected chi connectivity index (χ1v) is 10.6. The summed E-state index contributed by atoms with van der Waals surface area (Å²) >= 11 is 7.91. The van der Waals surface area contributed by atoms with Crippen molar-refractivity contribution in [2.75, 3.05) is 36.1 Å². The molecule has 0 aliphatic carbocycles. The molecule has 1 aliphatic rings. The molecule has 0 amide bonds. The van der Waals surface area contributed by atoms with Gasteiger partial charge in [0.1, 0.15) is 9.84 Å². The fourth-order valence-electron chi connectivity index (χ4n) is 2.53. The molecule has 1 aliphatic heterocycles. The minimum Gasteiger partial charge on any atom is -0.295 e. The van der Waals surface area contributed by atoms with Gasteiger partial charge in [0, 0.05) is 34.9 Å². The zero-order valence-corrected chi connectivity index (χ0v) is 14.7. The van der Waals surface area contributed by atoms with Crippen molar-refractivity contribution >= 4 is 33.2 Å². The van der Waals surface area contributed by atoms with Gasteiger partial charge < -0.3 is 0 Å². The Morgan fingerprint density at radius 1 is 1.33 bits per heavy atom. The summed E-state index contributed by atoms with van der Waals surface area (Å²) in [5, 5.41) is 0.753. The number of sulfone groups is 1. The predicted octanol–water partition coefficient (Wildman–Crippen LogP) is 3.25. The third-order valence-corrected chi connectivity index (χ3v) is 6.90. The van der Waals surface area contributed by atoms with Crippen LogP contribution >= 0.6 is 23.4 Å². The fraction of sp³-hybridized carbons (Fsp3) is 0.600. The molecule has 1 aromatic rings. The number of halogens is 1. The van der Waals surface area contributed by atoms with E-state index in [1.807, 2.05) is 23.9 Å². The maximum Gasteiger partial charge on any atom is 0.150 e. The van der Waals surface area contributed by atoms with Crippen LogP contribution in [0.3, 0.4) is 0 Å². The predicted molar refractivity (Wildman–Crippen MR) is 92.0 cm³/mol. The zero-order chi connectivity index (χ0) is 15.3. The van der Waals surface area contributed by atoms with E-state index in [0.717, 1.165) is 29.6 Å². The highest BCUT2D eigenvalue weighted by atomic mass is 35.5. The molecule has 2 rings (SSSR count). The molecule has 0 aromatic heterocycles. The largest absolute Gasteiger partial charge is 0.295 e. The van der Waals surface area contributed by atoms with Gasteiger partial charge in [-0.05, 0) is 30.7 Å². The van der Waals surface area contributed by atoms with Crippen LogP contribution in [0.25, 0.3) is 0 Å². The number of thioether (sulfide) groups is 1. The van der Waals surface area contributed by atoms with Gasteiger partial charge in [0.15, 0.2) is 0 Å². The molecule has 6 heteroatoms. The smallest absolute Gasteiger partial charge is 0.150 e. The Morgan fingerprint density at radius 2 is 2.05 bits per heavy atom. The summed E-state index contributed by atoms with van der Waals surface area (Å²) in [6.07, 6.45) is 0.713. The molecule has 1 heterocycles. The Morgan fingerprint density at radius 3 is 2.71 bits per heavy atom. The topological polar surface area (TPSA) is 37.4 Å². The lowest BCUT2D eigenvalue weighted by Gasteiger charge is -2.35. The average molecular weight is 348 g/mol. The van der Waals surface area contributed by atoms with Gasteiger partial charge in [-0.2, -0.15) is 11.8 Å². The van der Waals surface area contributed by atoms with Crippen LogP contribution in [0.1, 0.15) is 24.9 Å². The molecule has 0 bridgehead atoms. The molecule has 3 nitrogen and oxygen atoms in total. The van der Waals surface area contributed by atoms with Crippen molar-refractivity contribution in [2.45, 2.75) is 19.4 Å². The summed E-state index contributed by atoms with van der Waals surface area (Å²) in [6.45, 7) is 3.57. The van der Waals surface area contributed by atoms with E-state index in [9.17, 15) is 8.42 Å². The second-order valence-corrected chi connectivity index (χ2v) is 9.33. The molecular weight excluding hydrogens is 326 g/mol. The maximum absolute atomic E-state index is 11.6. The summed E-state index contributed by atoms with van der Waals surface area (Å²) in [7, 11) is -2.86. The van der Waals surface area contributed by atoms with Crippen molar-refractivity contribution in [3.8, 4) is 0 Å². The Kier molecular flexibility index (Phi) is 6.41. The molecule has 1 atom stereocenters. The highest BCUT2D eigenvalue weighted by Crippen LogP contribution is 2.30. The van der Waals surface area contributed by atoms with E-state index in [2.05, 4.69) is 17.0 Å². The minimum absolute atomic E-state index is 0.240. The fourth-order valence-corrected chi connectivity index (χ4v) is 4.67. The number of hydrogen-bond acceptors (Lipinski definition) is 4. The van der Waals surface area contributed by atoms with Crippen molar-refractivity contribution in [1.29, 1.82) is 0 Å². The maximum atomic E-state index is 11.6. The number of benzene rings is 1. The molecule has 1 aromatic carbocycles. The lowest BCUT2D eigenvalue weighted by atomic mass is 10.1. The SMILES string of the molecule is CCS(=O)(=O)CCCN1CCSC[C@H]1c1ccc(Cl)cc1. The average Bonchev–Trinajstić information content (AvgIpc) is 2.49. The molecule has 0 radical (unpaired) electrons. The van der Waals surface area contributed by atoms with Gasteiger partial charge in [0.25, 0.3) is 0 Å². The third kappa shape index (κ3) is 5.16. The van der Waals surface area contributed by atoms with Crippen LogP contribution in [0.2, 0.25) is 5.02 Å². The number of nitrogens with zero attached hydrogens (tertiary/aromatic N) is 1. The standard InChI is InChI=1S/C15H22ClNO2S2/c1-2-21(18,19)11-3-8-17-9-10-20-12-15(17)13-4-6-14(16)7-5-13/h4-7,15H,2-3,8-12H2,1H3/t15-/m0/s1. The van der Waals surface area contributed by atoms with Crippen LogP contribution in [-0.4, -0.2) is 49.4 Å². The first-order valence-electron chi connectivity index (χ1n) is 7.29. The summed E-state index contributed by atoms with van der Waals surface area (Å²) in [6, 6.07) is 8.38. The Hall–Kier alpha value is -0.230. The minimum atomic E-state index is -2.86. The van der Waals surface area contributed by atoms with E-state index in [1.54, 1.807) is 6.92 Å². The monoisotopic (exact) mass is 347 g/mol. The quantitative estimate of drug-likeness (QED) is 0.791. The van der Waals surface area contributed by atoms with Gasteiger partial charge in [-0.3, -0.25) is 4.90 Å². The van der Waals surface area contributed by atoms with Crippen molar-refractivity contribution < 1.29 is 8.42 Å². The van der Waals surface area contributed by atoms with E-state index in [-0.39, 0.29) is 5.75 Å². The van der Waals surface area contributed by atoms with Gasteiger partial charge in [0.05, 0.1) is 5.75 Å². The summed E-state index contributed by atoms with van der Waals surface area (Å²) in [5.74, 6) is 2.71. The Balaban J connectivity index is 1.97. The molecule has 0 unspecified atom stereocenters. The van der Waals surface area contributed by atoms with Gasteiger partial charge >= 0.3 is 0 Å². The molecule has 0 saturated carbocycles. The van der Waals surface area contributed by atoms with E-state index < -0.39 is 9.84 Å². The lowest BCUT2D eigenvalue weighted by molar-refractivity contribution is 0.222. The van der Waals surface area contributed by atoms with Crippen LogP contribution < -0.4 is 0 Å². The molecule has 1 saturated heterocycles. The number of rotatable bonds is 6. The molecule has 0 N–H and O–H groups in total. The van der Waals surface area contributed by atoms with Crippen LogP contribution in [0.4, 0.5) is 0 Å². The van der Waals surface area contributed by atoms with Crippen molar-refractivity contribution in [3.05, 3.63) is 34.9 Å². The highest BCUT2D eigenvalue weighted by molar-refractivity contribution is 7.99. The van der Waals surface area contributed by atoms with Crippen molar-refractivity contribution in [1.82, 2.24) is 4.90 Å². The van der Waals surface area contributed by atoms with Crippen molar-refractivity contribution in [3.63, 3.8) is 0 Å². The second kappa shape index (κ2) is 7.86. The van der Waals surface area contributed by atoms with E-state index in [4.69, 9.17) is 11.6 Å². The van der Waals surface area contributed by atoms with Crippen LogP contribution in [0, 0.1) is 0 Å². The number of hydrogen-bond donors (Lipinski definition) is 0. The van der Waals surface area contributed by atoms with Gasteiger partial charge in [-0.15, -0.1) is 0 Å². The van der Waals surface area contributed by atoms with E-state index in [0.29, 0.717) is 18.2 Å². The van der Waals surface area contributed by atoms with Crippen LogP contribution in [0.15, 0.2) is 24.3 Å². The zero-order valence-electron chi connectivity index (χ0n) is 12.3. The second-order valence-electron chi connectivity index (χ2n) is 5.27. The summed E-state index contributed by atoms with van der Waals surface area (Å²) in [5.41, 5.74) is 1.27. The highest BCUT2D eigenvalue weighted by Gasteiger charge is 2.24. The molecule has 118 valence electrons. The first-order chi connectivity index (χ1) is 10.0. The third-order valence-electron chi connectivity index (χ3n) is 3.83. The summed E-state index contributed by atoms with van der Waals surface area (Å²) in [4.78, 5) is 2.41. The Bertz CT molecular complexity index is 545. The van der Waals surface area contributed by atoms with Gasteiger partial charge in [-0.25, -0.2) is 8.42 Å². The molecule has 1 fully saturated rings. The van der Waals surface area contributed by atoms with E-state index in [1.165, 1.54) is 5.56 Å². The molecular formula is C15H22ClNO2S2. The molecule has 21 heavy (non-hydrogen) atoms. The summed E-state index contributed by atoms with van der Waals surface area (Å²) < 4.78 is 23.2. The first kappa shape index (κ1) is 17.1. The van der Waals surface area contributed by atoms with Crippen LogP contribution in [-0.2, 0) is 9.84 Å². The van der Waals surface area contributed by atoms with Crippen LogP contribution in [0.5, 0.6) is 0 Å². The van der Waals surface area contributed by atoms with Gasteiger partial charge in [0.2, 0.25) is 0 Å². The Labute approximate surface area is 137 Å². The normalized spacial score (nSPS) is 20.6. The lowest BCUT2D eigenvalue weighted by Crippen LogP contribution is -2.37. The van der Waals surface area contributed by atoms with E-state index >= 15 is 0 Å².